The molecular formula is C23H30ClN3O5S. The summed E-state index contributed by atoms with van der Waals surface area (Å²) in [7, 11) is -1.05. The van der Waals surface area contributed by atoms with Gasteiger partial charge in [-0.3, -0.25) is 9.59 Å². The maximum atomic E-state index is 13.3. The zero-order valence-electron chi connectivity index (χ0n) is 19.2. The average Bonchev–Trinajstić information content (AvgIpc) is 2.80. The molecule has 0 saturated heterocycles. The minimum absolute atomic E-state index is 0.0234. The summed E-state index contributed by atoms with van der Waals surface area (Å²) >= 11 is 5.85. The topological polar surface area (TPSA) is 96.0 Å². The Morgan fingerprint density at radius 1 is 1.15 bits per heavy atom. The molecule has 0 unspecified atom stereocenters. The minimum atomic E-state index is -3.92. The molecule has 10 heteroatoms. The first-order valence-corrected chi connectivity index (χ1v) is 12.3. The van der Waals surface area contributed by atoms with E-state index in [1.54, 1.807) is 32.2 Å². The first-order valence-electron chi connectivity index (χ1n) is 10.5. The van der Waals surface area contributed by atoms with E-state index in [0.29, 0.717) is 17.3 Å². The van der Waals surface area contributed by atoms with Crippen molar-refractivity contribution in [3.05, 3.63) is 59.1 Å². The van der Waals surface area contributed by atoms with Crippen molar-refractivity contribution in [2.45, 2.75) is 37.8 Å². The van der Waals surface area contributed by atoms with Gasteiger partial charge >= 0.3 is 0 Å². The molecule has 180 valence electrons. The van der Waals surface area contributed by atoms with Crippen LogP contribution in [0.4, 0.5) is 0 Å². The van der Waals surface area contributed by atoms with Crippen molar-refractivity contribution >= 4 is 33.4 Å². The number of benzene rings is 2. The number of carbonyl (C=O) groups excluding carboxylic acids is 2. The third-order valence-corrected chi connectivity index (χ3v) is 7.15. The molecule has 0 heterocycles. The van der Waals surface area contributed by atoms with Crippen LogP contribution < -0.4 is 10.1 Å². The van der Waals surface area contributed by atoms with Crippen molar-refractivity contribution in [1.82, 2.24) is 14.5 Å². The number of hydrogen-bond acceptors (Lipinski definition) is 5. The van der Waals surface area contributed by atoms with Crippen molar-refractivity contribution in [3.8, 4) is 5.75 Å². The number of halogens is 1. The molecule has 1 atom stereocenters. The standard InChI is InChI=1S/C23H30ClN3O5S/c1-5-13-25-23(29)17(2)27(15-18-7-6-8-20(14-18)32-4)22(28)16-26(3)33(30,31)21-11-9-19(24)10-12-21/h6-12,14,17H,5,13,15-16H2,1-4H3,(H,25,29)/t17-/m1/s1. The second kappa shape index (κ2) is 12.0. The fourth-order valence-corrected chi connectivity index (χ4v) is 4.35. The van der Waals surface area contributed by atoms with Crippen LogP contribution in [0.2, 0.25) is 5.02 Å². The molecule has 8 nitrogen and oxygen atoms in total. The summed E-state index contributed by atoms with van der Waals surface area (Å²) in [5.41, 5.74) is 0.751. The molecule has 0 spiro atoms. The normalized spacial score (nSPS) is 12.3. The molecular weight excluding hydrogens is 466 g/mol. The Hall–Kier alpha value is -2.62. The van der Waals surface area contributed by atoms with Crippen LogP contribution in [0.15, 0.2) is 53.4 Å². The molecule has 0 aliphatic rings. The zero-order valence-corrected chi connectivity index (χ0v) is 20.8. The quantitative estimate of drug-likeness (QED) is 0.517. The summed E-state index contributed by atoms with van der Waals surface area (Å²) in [5.74, 6) is -0.196. The van der Waals surface area contributed by atoms with Crippen LogP contribution in [-0.4, -0.2) is 62.7 Å². The van der Waals surface area contributed by atoms with Crippen LogP contribution in [0.3, 0.4) is 0 Å². The molecule has 1 N–H and O–H groups in total. The van der Waals surface area contributed by atoms with Gasteiger partial charge in [-0.1, -0.05) is 30.7 Å². The van der Waals surface area contributed by atoms with Crippen molar-refractivity contribution < 1.29 is 22.7 Å². The smallest absolute Gasteiger partial charge is 0.243 e. The van der Waals surface area contributed by atoms with Crippen LogP contribution in [0.1, 0.15) is 25.8 Å². The second-order valence-electron chi connectivity index (χ2n) is 7.56. The van der Waals surface area contributed by atoms with Gasteiger partial charge in [0.05, 0.1) is 18.6 Å². The molecule has 0 aliphatic heterocycles. The number of ether oxygens (including phenoxy) is 1. The third-order valence-electron chi connectivity index (χ3n) is 5.08. The van der Waals surface area contributed by atoms with Crippen molar-refractivity contribution in [1.29, 1.82) is 0 Å². The minimum Gasteiger partial charge on any atom is -0.497 e. The fraction of sp³-hybridized carbons (Fsp3) is 0.391. The molecule has 33 heavy (non-hydrogen) atoms. The van der Waals surface area contributed by atoms with Gasteiger partial charge < -0.3 is 15.0 Å². The molecule has 0 saturated carbocycles. The van der Waals surface area contributed by atoms with Gasteiger partial charge in [0.25, 0.3) is 0 Å². The van der Waals surface area contributed by atoms with E-state index in [2.05, 4.69) is 5.32 Å². The monoisotopic (exact) mass is 495 g/mol. The number of carbonyl (C=O) groups is 2. The summed E-state index contributed by atoms with van der Waals surface area (Å²) in [4.78, 5) is 27.3. The van der Waals surface area contributed by atoms with E-state index in [9.17, 15) is 18.0 Å². The maximum Gasteiger partial charge on any atom is 0.243 e. The lowest BCUT2D eigenvalue weighted by atomic mass is 10.1. The van der Waals surface area contributed by atoms with Crippen LogP contribution in [-0.2, 0) is 26.2 Å². The molecule has 0 aromatic heterocycles. The first-order chi connectivity index (χ1) is 15.6. The Morgan fingerprint density at radius 2 is 1.82 bits per heavy atom. The summed E-state index contributed by atoms with van der Waals surface area (Å²) in [6.45, 7) is 3.72. The SMILES string of the molecule is CCCNC(=O)[C@@H](C)N(Cc1cccc(OC)c1)C(=O)CN(C)S(=O)(=O)c1ccc(Cl)cc1. The predicted molar refractivity (Wildman–Crippen MR) is 128 cm³/mol. The highest BCUT2D eigenvalue weighted by atomic mass is 35.5. The van der Waals surface area contributed by atoms with Crippen LogP contribution in [0.5, 0.6) is 5.75 Å². The summed E-state index contributed by atoms with van der Waals surface area (Å²) in [6.07, 6.45) is 0.754. The first kappa shape index (κ1) is 26.6. The van der Waals surface area contributed by atoms with Gasteiger partial charge in [-0.25, -0.2) is 8.42 Å². The summed E-state index contributed by atoms with van der Waals surface area (Å²) < 4.78 is 32.0. The average molecular weight is 496 g/mol. The Morgan fingerprint density at radius 3 is 2.42 bits per heavy atom. The highest BCUT2D eigenvalue weighted by Crippen LogP contribution is 2.19. The van der Waals surface area contributed by atoms with E-state index in [1.165, 1.54) is 36.2 Å². The van der Waals surface area contributed by atoms with E-state index in [0.717, 1.165) is 16.3 Å². The molecule has 2 rings (SSSR count). The number of hydrogen-bond donors (Lipinski definition) is 1. The lowest BCUT2D eigenvalue weighted by Gasteiger charge is -2.30. The Balaban J connectivity index is 2.27. The van der Waals surface area contributed by atoms with E-state index in [4.69, 9.17) is 16.3 Å². The number of nitrogens with one attached hydrogen (secondary N) is 1. The van der Waals surface area contributed by atoms with Crippen molar-refractivity contribution in [2.75, 3.05) is 27.2 Å². The van der Waals surface area contributed by atoms with Gasteiger partial charge in [0.15, 0.2) is 0 Å². The molecule has 2 aromatic rings. The van der Waals surface area contributed by atoms with Crippen LogP contribution in [0.25, 0.3) is 0 Å². The van der Waals surface area contributed by atoms with E-state index < -0.39 is 28.5 Å². The maximum absolute atomic E-state index is 13.3. The van der Waals surface area contributed by atoms with Gasteiger partial charge in [-0.2, -0.15) is 4.31 Å². The van der Waals surface area contributed by atoms with Crippen molar-refractivity contribution in [2.24, 2.45) is 0 Å². The van der Waals surface area contributed by atoms with E-state index in [1.807, 2.05) is 13.0 Å². The van der Waals surface area contributed by atoms with Gasteiger partial charge in [-0.05, 0) is 55.3 Å². The number of sulfonamides is 1. The molecule has 0 radical (unpaired) electrons. The van der Waals surface area contributed by atoms with Gasteiger partial charge in [0.2, 0.25) is 21.8 Å². The predicted octanol–water partition coefficient (Wildman–Crippen LogP) is 2.91. The Bertz CT molecular complexity index is 1060. The van der Waals surface area contributed by atoms with E-state index >= 15 is 0 Å². The lowest BCUT2D eigenvalue weighted by molar-refractivity contribution is -0.140. The number of nitrogens with zero attached hydrogens (tertiary/aromatic N) is 2. The molecule has 2 amide bonds. The zero-order chi connectivity index (χ0) is 24.6. The van der Waals surface area contributed by atoms with E-state index in [-0.39, 0.29) is 17.3 Å². The number of methoxy groups -OCH3 is 1. The fourth-order valence-electron chi connectivity index (χ4n) is 3.10. The Labute approximate surface area is 200 Å². The lowest BCUT2D eigenvalue weighted by Crippen LogP contribution is -2.50. The van der Waals surface area contributed by atoms with Gasteiger partial charge in [0, 0.05) is 25.2 Å². The summed E-state index contributed by atoms with van der Waals surface area (Å²) in [6, 6.07) is 12.1. The molecule has 2 aromatic carbocycles. The highest BCUT2D eigenvalue weighted by Gasteiger charge is 2.30. The third kappa shape index (κ3) is 7.18. The molecule has 0 bridgehead atoms. The number of likely N-dealkylation sites (N-methyl/N-ethyl adjacent to an activating group) is 1. The second-order valence-corrected chi connectivity index (χ2v) is 10.0. The molecule has 0 aliphatic carbocycles. The summed E-state index contributed by atoms with van der Waals surface area (Å²) in [5, 5.41) is 3.20. The highest BCUT2D eigenvalue weighted by molar-refractivity contribution is 7.89. The van der Waals surface area contributed by atoms with Crippen LogP contribution in [0, 0.1) is 0 Å². The largest absolute Gasteiger partial charge is 0.497 e. The van der Waals surface area contributed by atoms with Gasteiger partial charge in [0.1, 0.15) is 11.8 Å². The number of rotatable bonds is 11. The molecule has 0 fully saturated rings. The van der Waals surface area contributed by atoms with Crippen LogP contribution >= 0.6 is 11.6 Å². The van der Waals surface area contributed by atoms with Crippen molar-refractivity contribution in [3.63, 3.8) is 0 Å². The number of amides is 2. The van der Waals surface area contributed by atoms with Gasteiger partial charge in [-0.15, -0.1) is 0 Å². The Kier molecular flexibility index (Phi) is 9.70.